The SMILES string of the molecule is Cc1nc(NC(=O)NC(=O)c2c(F)cccc2Cl)ccc1-c1ccc(F)cc1. The summed E-state index contributed by atoms with van der Waals surface area (Å²) in [7, 11) is 0. The van der Waals surface area contributed by atoms with E-state index in [0.717, 1.165) is 17.2 Å². The highest BCUT2D eigenvalue weighted by molar-refractivity contribution is 6.34. The molecule has 8 heteroatoms. The third-order valence-corrected chi connectivity index (χ3v) is 4.21. The van der Waals surface area contributed by atoms with Gasteiger partial charge < -0.3 is 0 Å². The molecule has 3 aromatic rings. The van der Waals surface area contributed by atoms with Gasteiger partial charge in [-0.25, -0.2) is 18.6 Å². The number of anilines is 1. The molecule has 3 amide bonds. The molecule has 5 nitrogen and oxygen atoms in total. The van der Waals surface area contributed by atoms with Gasteiger partial charge in [-0.15, -0.1) is 0 Å². The van der Waals surface area contributed by atoms with Crippen LogP contribution in [0.25, 0.3) is 11.1 Å². The molecule has 0 bridgehead atoms. The van der Waals surface area contributed by atoms with Crippen LogP contribution in [0.15, 0.2) is 54.6 Å². The van der Waals surface area contributed by atoms with Crippen LogP contribution in [0.1, 0.15) is 16.1 Å². The highest BCUT2D eigenvalue weighted by atomic mass is 35.5. The number of pyridine rings is 1. The lowest BCUT2D eigenvalue weighted by Crippen LogP contribution is -2.35. The first-order valence-corrected chi connectivity index (χ1v) is 8.53. The fourth-order valence-electron chi connectivity index (χ4n) is 2.59. The minimum Gasteiger partial charge on any atom is -0.292 e. The van der Waals surface area contributed by atoms with Crippen LogP contribution in [0, 0.1) is 18.6 Å². The Labute approximate surface area is 164 Å². The van der Waals surface area contributed by atoms with E-state index in [2.05, 4.69) is 10.3 Å². The average molecular weight is 402 g/mol. The quantitative estimate of drug-likeness (QED) is 0.652. The molecule has 0 fully saturated rings. The van der Waals surface area contributed by atoms with Gasteiger partial charge >= 0.3 is 6.03 Å². The Balaban J connectivity index is 1.71. The van der Waals surface area contributed by atoms with Crippen molar-refractivity contribution in [1.29, 1.82) is 0 Å². The zero-order valence-corrected chi connectivity index (χ0v) is 15.3. The van der Waals surface area contributed by atoms with E-state index >= 15 is 0 Å². The Morgan fingerprint density at radius 2 is 1.71 bits per heavy atom. The normalized spacial score (nSPS) is 10.4. The molecule has 1 aromatic heterocycles. The Bertz CT molecular complexity index is 1040. The molecular formula is C20H14ClF2N3O2. The van der Waals surface area contributed by atoms with Gasteiger partial charge in [0.15, 0.2) is 0 Å². The number of amides is 3. The number of urea groups is 1. The lowest BCUT2D eigenvalue weighted by Gasteiger charge is -2.10. The fraction of sp³-hybridized carbons (Fsp3) is 0.0500. The average Bonchev–Trinajstić information content (AvgIpc) is 2.62. The Kier molecular flexibility index (Phi) is 5.65. The lowest BCUT2D eigenvalue weighted by molar-refractivity contribution is 0.0963. The smallest absolute Gasteiger partial charge is 0.292 e. The Morgan fingerprint density at radius 1 is 1.00 bits per heavy atom. The van der Waals surface area contributed by atoms with E-state index in [9.17, 15) is 18.4 Å². The maximum atomic E-state index is 13.7. The van der Waals surface area contributed by atoms with Gasteiger partial charge in [-0.2, -0.15) is 0 Å². The van der Waals surface area contributed by atoms with Gasteiger partial charge in [-0.3, -0.25) is 15.4 Å². The van der Waals surface area contributed by atoms with Crippen molar-refractivity contribution in [3.05, 3.63) is 82.5 Å². The molecule has 142 valence electrons. The van der Waals surface area contributed by atoms with Gasteiger partial charge in [0.05, 0.1) is 10.6 Å². The Hall–Kier alpha value is -3.32. The first-order valence-electron chi connectivity index (χ1n) is 8.15. The standard InChI is InChI=1S/C20H14ClF2N3O2/c1-11-14(12-5-7-13(22)8-6-12)9-10-17(24-11)25-20(28)26-19(27)18-15(21)3-2-4-16(18)23/h2-10H,1H3,(H2,24,25,26,27,28). The number of hydrogen-bond donors (Lipinski definition) is 2. The zero-order chi connectivity index (χ0) is 20.3. The van der Waals surface area contributed by atoms with Crippen molar-refractivity contribution in [2.24, 2.45) is 0 Å². The number of aryl methyl sites for hydroxylation is 1. The van der Waals surface area contributed by atoms with Crippen molar-refractivity contribution in [3.63, 3.8) is 0 Å². The maximum Gasteiger partial charge on any atom is 0.327 e. The van der Waals surface area contributed by atoms with Crippen molar-refractivity contribution in [2.75, 3.05) is 5.32 Å². The van der Waals surface area contributed by atoms with Gasteiger partial charge in [-0.1, -0.05) is 29.8 Å². The molecule has 0 saturated heterocycles. The Morgan fingerprint density at radius 3 is 2.36 bits per heavy atom. The number of nitrogens with zero attached hydrogens (tertiary/aromatic N) is 1. The summed E-state index contributed by atoms with van der Waals surface area (Å²) in [6.07, 6.45) is 0. The lowest BCUT2D eigenvalue weighted by atomic mass is 10.0. The van der Waals surface area contributed by atoms with Crippen LogP contribution in [-0.4, -0.2) is 16.9 Å². The van der Waals surface area contributed by atoms with E-state index in [1.165, 1.54) is 30.3 Å². The summed E-state index contributed by atoms with van der Waals surface area (Å²) < 4.78 is 26.8. The summed E-state index contributed by atoms with van der Waals surface area (Å²) in [5.41, 5.74) is 1.70. The summed E-state index contributed by atoms with van der Waals surface area (Å²) >= 11 is 5.81. The largest absolute Gasteiger partial charge is 0.327 e. The van der Waals surface area contributed by atoms with Crippen LogP contribution < -0.4 is 10.6 Å². The molecule has 0 spiro atoms. The number of rotatable bonds is 3. The summed E-state index contributed by atoms with van der Waals surface area (Å²) in [6.45, 7) is 1.73. The molecule has 0 radical (unpaired) electrons. The van der Waals surface area contributed by atoms with Gasteiger partial charge in [0, 0.05) is 11.3 Å². The first kappa shape index (κ1) is 19.4. The summed E-state index contributed by atoms with van der Waals surface area (Å²) in [4.78, 5) is 28.4. The van der Waals surface area contributed by atoms with Crippen molar-refractivity contribution in [1.82, 2.24) is 10.3 Å². The molecule has 2 N–H and O–H groups in total. The van der Waals surface area contributed by atoms with Crippen LogP contribution in [0.2, 0.25) is 5.02 Å². The fourth-order valence-corrected chi connectivity index (χ4v) is 2.84. The molecule has 0 atom stereocenters. The van der Waals surface area contributed by atoms with Gasteiger partial charge in [0.1, 0.15) is 17.5 Å². The van der Waals surface area contributed by atoms with Gasteiger partial charge in [0.2, 0.25) is 0 Å². The number of aromatic nitrogens is 1. The van der Waals surface area contributed by atoms with Crippen molar-refractivity contribution in [3.8, 4) is 11.1 Å². The minimum atomic E-state index is -0.972. The van der Waals surface area contributed by atoms with Crippen LogP contribution in [0.3, 0.4) is 0 Å². The molecule has 0 aliphatic carbocycles. The molecule has 2 aromatic carbocycles. The van der Waals surface area contributed by atoms with Crippen molar-refractivity contribution < 1.29 is 18.4 Å². The highest BCUT2D eigenvalue weighted by Crippen LogP contribution is 2.24. The highest BCUT2D eigenvalue weighted by Gasteiger charge is 2.18. The molecule has 3 rings (SSSR count). The number of hydrogen-bond acceptors (Lipinski definition) is 3. The van der Waals surface area contributed by atoms with E-state index < -0.39 is 23.3 Å². The number of imide groups is 1. The second-order valence-electron chi connectivity index (χ2n) is 5.84. The van der Waals surface area contributed by atoms with Crippen molar-refractivity contribution in [2.45, 2.75) is 6.92 Å². The predicted octanol–water partition coefficient (Wildman–Crippen LogP) is 4.95. The second kappa shape index (κ2) is 8.14. The molecular weight excluding hydrogens is 388 g/mol. The molecule has 0 unspecified atom stereocenters. The van der Waals surface area contributed by atoms with E-state index in [4.69, 9.17) is 11.6 Å². The summed E-state index contributed by atoms with van der Waals surface area (Å²) in [5.74, 6) is -1.96. The van der Waals surface area contributed by atoms with Crippen LogP contribution in [0.5, 0.6) is 0 Å². The molecule has 1 heterocycles. The number of carbonyl (C=O) groups is 2. The van der Waals surface area contributed by atoms with E-state index in [0.29, 0.717) is 5.69 Å². The number of nitrogens with one attached hydrogen (secondary N) is 2. The third-order valence-electron chi connectivity index (χ3n) is 3.90. The molecule has 0 saturated carbocycles. The molecule has 0 aliphatic rings. The summed E-state index contributed by atoms with van der Waals surface area (Å²) in [6, 6.07) is 12.0. The maximum absolute atomic E-state index is 13.7. The number of carbonyl (C=O) groups excluding carboxylic acids is 2. The second-order valence-corrected chi connectivity index (χ2v) is 6.25. The topological polar surface area (TPSA) is 71.1 Å². The van der Waals surface area contributed by atoms with Crippen molar-refractivity contribution >= 4 is 29.4 Å². The number of halogens is 3. The minimum absolute atomic E-state index is 0.108. The third kappa shape index (κ3) is 4.32. The van der Waals surface area contributed by atoms with Gasteiger partial charge in [-0.05, 0) is 48.9 Å². The zero-order valence-electron chi connectivity index (χ0n) is 14.6. The van der Waals surface area contributed by atoms with E-state index in [1.807, 2.05) is 5.32 Å². The van der Waals surface area contributed by atoms with Crippen LogP contribution >= 0.6 is 11.6 Å². The predicted molar refractivity (Wildman–Crippen MR) is 102 cm³/mol. The monoisotopic (exact) mass is 401 g/mol. The molecule has 28 heavy (non-hydrogen) atoms. The van der Waals surface area contributed by atoms with Gasteiger partial charge in [0.25, 0.3) is 5.91 Å². The summed E-state index contributed by atoms with van der Waals surface area (Å²) in [5, 5.41) is 4.30. The van der Waals surface area contributed by atoms with Crippen LogP contribution in [-0.2, 0) is 0 Å². The van der Waals surface area contributed by atoms with E-state index in [-0.39, 0.29) is 16.7 Å². The molecule has 0 aliphatic heterocycles. The first-order chi connectivity index (χ1) is 13.3. The number of benzene rings is 2. The van der Waals surface area contributed by atoms with Crippen LogP contribution in [0.4, 0.5) is 19.4 Å². The van der Waals surface area contributed by atoms with E-state index in [1.54, 1.807) is 25.1 Å².